The fraction of sp³-hybridized carbons (Fsp3) is 0.316. The predicted octanol–water partition coefficient (Wildman–Crippen LogP) is 2.89. The van der Waals surface area contributed by atoms with Gasteiger partial charge in [-0.25, -0.2) is 18.1 Å². The molecule has 0 radical (unpaired) electrons. The van der Waals surface area contributed by atoms with Gasteiger partial charge in [0, 0.05) is 31.2 Å². The van der Waals surface area contributed by atoms with Crippen molar-refractivity contribution in [1.29, 1.82) is 0 Å². The number of pyridine rings is 1. The molecule has 2 heterocycles. The van der Waals surface area contributed by atoms with Gasteiger partial charge in [-0.05, 0) is 42.5 Å². The van der Waals surface area contributed by atoms with Gasteiger partial charge in [0.25, 0.3) is 0 Å². The average Bonchev–Trinajstić information content (AvgIpc) is 2.67. The summed E-state index contributed by atoms with van der Waals surface area (Å²) in [7, 11) is -3.40. The maximum Gasteiger partial charge on any atom is 0.233 e. The molecule has 5 nitrogen and oxygen atoms in total. The van der Waals surface area contributed by atoms with Gasteiger partial charge in [-0.1, -0.05) is 36.4 Å². The third kappa shape index (κ3) is 5.41. The second-order valence-corrected chi connectivity index (χ2v) is 7.88. The summed E-state index contributed by atoms with van der Waals surface area (Å²) in [6.07, 6.45) is 5.34. The number of hydrogen-bond donors (Lipinski definition) is 1. The molecular weight excluding hydrogens is 334 g/mol. The Morgan fingerprint density at radius 3 is 2.48 bits per heavy atom. The van der Waals surface area contributed by atoms with Crippen LogP contribution in [-0.2, 0) is 10.0 Å². The van der Waals surface area contributed by atoms with Crippen LogP contribution in [0.2, 0.25) is 0 Å². The standard InChI is InChI=1S/C19H23N3O2S/c23-25(24,15-11-17-6-2-1-3-7-17)21-16-18-9-13-22(14-10-18)19-8-4-5-12-20-19/h1-8,11-12,15,18,21H,9-10,13-14,16H2. The summed E-state index contributed by atoms with van der Waals surface area (Å²) in [5, 5.41) is 1.24. The largest absolute Gasteiger partial charge is 0.357 e. The summed E-state index contributed by atoms with van der Waals surface area (Å²) in [6, 6.07) is 15.3. The molecule has 0 saturated carbocycles. The molecule has 1 saturated heterocycles. The smallest absolute Gasteiger partial charge is 0.233 e. The molecule has 2 aromatic rings. The van der Waals surface area contributed by atoms with E-state index in [1.54, 1.807) is 12.3 Å². The van der Waals surface area contributed by atoms with Crippen molar-refractivity contribution in [3.8, 4) is 0 Å². The van der Waals surface area contributed by atoms with Crippen LogP contribution in [0.4, 0.5) is 5.82 Å². The highest BCUT2D eigenvalue weighted by Crippen LogP contribution is 2.21. The summed E-state index contributed by atoms with van der Waals surface area (Å²) in [4.78, 5) is 6.62. The third-order valence-electron chi connectivity index (χ3n) is 4.40. The number of benzene rings is 1. The van der Waals surface area contributed by atoms with E-state index in [1.807, 2.05) is 48.5 Å². The van der Waals surface area contributed by atoms with Crippen molar-refractivity contribution in [1.82, 2.24) is 9.71 Å². The van der Waals surface area contributed by atoms with Crippen LogP contribution < -0.4 is 9.62 Å². The predicted molar refractivity (Wildman–Crippen MR) is 102 cm³/mol. The Balaban J connectivity index is 1.47. The lowest BCUT2D eigenvalue weighted by atomic mass is 9.97. The lowest BCUT2D eigenvalue weighted by molar-refractivity contribution is 0.401. The number of aromatic nitrogens is 1. The molecule has 0 unspecified atom stereocenters. The molecule has 1 fully saturated rings. The molecule has 1 aromatic carbocycles. The van der Waals surface area contributed by atoms with Gasteiger partial charge < -0.3 is 4.90 Å². The van der Waals surface area contributed by atoms with E-state index in [0.29, 0.717) is 12.5 Å². The van der Waals surface area contributed by atoms with Crippen molar-refractivity contribution in [2.24, 2.45) is 5.92 Å². The van der Waals surface area contributed by atoms with Crippen LogP contribution in [0.1, 0.15) is 18.4 Å². The molecule has 0 spiro atoms. The molecule has 132 valence electrons. The van der Waals surface area contributed by atoms with E-state index in [-0.39, 0.29) is 0 Å². The fourth-order valence-corrected chi connectivity index (χ4v) is 3.82. The van der Waals surface area contributed by atoms with Crippen LogP contribution in [0.5, 0.6) is 0 Å². The molecule has 1 aliphatic rings. The monoisotopic (exact) mass is 357 g/mol. The number of piperidine rings is 1. The van der Waals surface area contributed by atoms with Gasteiger partial charge in [-0.3, -0.25) is 0 Å². The van der Waals surface area contributed by atoms with E-state index in [1.165, 1.54) is 5.41 Å². The van der Waals surface area contributed by atoms with Crippen LogP contribution in [-0.4, -0.2) is 33.0 Å². The zero-order chi connectivity index (χ0) is 17.5. The van der Waals surface area contributed by atoms with Gasteiger partial charge in [0.2, 0.25) is 10.0 Å². The quantitative estimate of drug-likeness (QED) is 0.863. The molecule has 6 heteroatoms. The normalized spacial score (nSPS) is 16.4. The number of sulfonamides is 1. The number of nitrogens with zero attached hydrogens (tertiary/aromatic N) is 2. The summed E-state index contributed by atoms with van der Waals surface area (Å²) in [5.41, 5.74) is 0.872. The van der Waals surface area contributed by atoms with Gasteiger partial charge in [0.1, 0.15) is 5.82 Å². The van der Waals surface area contributed by atoms with E-state index in [0.717, 1.165) is 37.3 Å². The molecular formula is C19H23N3O2S. The Labute approximate surface area is 149 Å². The first kappa shape index (κ1) is 17.6. The van der Waals surface area contributed by atoms with Crippen LogP contribution >= 0.6 is 0 Å². The van der Waals surface area contributed by atoms with Crippen LogP contribution in [0.15, 0.2) is 60.1 Å². The number of rotatable bonds is 6. The lowest BCUT2D eigenvalue weighted by Crippen LogP contribution is -2.38. The van der Waals surface area contributed by atoms with E-state index in [9.17, 15) is 8.42 Å². The summed E-state index contributed by atoms with van der Waals surface area (Å²) < 4.78 is 26.9. The maximum absolute atomic E-state index is 12.1. The Morgan fingerprint density at radius 1 is 1.08 bits per heavy atom. The first-order valence-electron chi connectivity index (χ1n) is 8.51. The highest BCUT2D eigenvalue weighted by atomic mass is 32.2. The minimum atomic E-state index is -3.40. The molecule has 0 amide bonds. The van der Waals surface area contributed by atoms with Gasteiger partial charge in [-0.15, -0.1) is 0 Å². The number of hydrogen-bond acceptors (Lipinski definition) is 4. The lowest BCUT2D eigenvalue weighted by Gasteiger charge is -2.32. The van der Waals surface area contributed by atoms with Gasteiger partial charge in [-0.2, -0.15) is 0 Å². The van der Waals surface area contributed by atoms with E-state index < -0.39 is 10.0 Å². The molecule has 25 heavy (non-hydrogen) atoms. The minimum absolute atomic E-state index is 0.361. The van der Waals surface area contributed by atoms with Gasteiger partial charge in [0.05, 0.1) is 0 Å². The van der Waals surface area contributed by atoms with E-state index in [4.69, 9.17) is 0 Å². The van der Waals surface area contributed by atoms with E-state index >= 15 is 0 Å². The van der Waals surface area contributed by atoms with Crippen LogP contribution in [0.3, 0.4) is 0 Å². The van der Waals surface area contributed by atoms with Gasteiger partial charge >= 0.3 is 0 Å². The summed E-state index contributed by atoms with van der Waals surface area (Å²) >= 11 is 0. The zero-order valence-corrected chi connectivity index (χ0v) is 14.9. The third-order valence-corrected chi connectivity index (χ3v) is 5.46. The Kier molecular flexibility index (Phi) is 5.83. The first-order valence-corrected chi connectivity index (χ1v) is 10.1. The molecule has 1 aromatic heterocycles. The summed E-state index contributed by atoms with van der Waals surface area (Å²) in [6.45, 7) is 2.30. The molecule has 3 rings (SSSR count). The minimum Gasteiger partial charge on any atom is -0.357 e. The van der Waals surface area contributed by atoms with E-state index in [2.05, 4.69) is 14.6 Å². The fourth-order valence-electron chi connectivity index (χ4n) is 2.92. The number of nitrogens with one attached hydrogen (secondary N) is 1. The second kappa shape index (κ2) is 8.27. The van der Waals surface area contributed by atoms with Crippen molar-refractivity contribution in [3.05, 3.63) is 65.7 Å². The van der Waals surface area contributed by atoms with Crippen molar-refractivity contribution in [2.75, 3.05) is 24.5 Å². The van der Waals surface area contributed by atoms with Crippen molar-refractivity contribution in [2.45, 2.75) is 12.8 Å². The Hall–Kier alpha value is -2.18. The highest BCUT2D eigenvalue weighted by molar-refractivity contribution is 7.92. The topological polar surface area (TPSA) is 62.3 Å². The molecule has 0 bridgehead atoms. The van der Waals surface area contributed by atoms with Crippen molar-refractivity contribution < 1.29 is 8.42 Å². The highest BCUT2D eigenvalue weighted by Gasteiger charge is 2.21. The van der Waals surface area contributed by atoms with Crippen LogP contribution in [0.25, 0.3) is 6.08 Å². The Bertz CT molecular complexity index is 784. The zero-order valence-electron chi connectivity index (χ0n) is 14.1. The average molecular weight is 357 g/mol. The SMILES string of the molecule is O=S(=O)(C=Cc1ccccc1)NCC1CCN(c2ccccn2)CC1. The van der Waals surface area contributed by atoms with Gasteiger partial charge in [0.15, 0.2) is 0 Å². The molecule has 1 N–H and O–H groups in total. The second-order valence-electron chi connectivity index (χ2n) is 6.23. The van der Waals surface area contributed by atoms with Crippen molar-refractivity contribution in [3.63, 3.8) is 0 Å². The molecule has 1 aliphatic heterocycles. The maximum atomic E-state index is 12.1. The van der Waals surface area contributed by atoms with Crippen molar-refractivity contribution >= 4 is 21.9 Å². The molecule has 0 atom stereocenters. The van der Waals surface area contributed by atoms with Crippen LogP contribution in [0, 0.1) is 5.92 Å². The molecule has 0 aliphatic carbocycles. The first-order chi connectivity index (χ1) is 12.1. The Morgan fingerprint density at radius 2 is 1.80 bits per heavy atom. The number of anilines is 1. The summed E-state index contributed by atoms with van der Waals surface area (Å²) in [5.74, 6) is 1.35.